The molecule has 31 heavy (non-hydrogen) atoms. The Bertz CT molecular complexity index is 1100. The van der Waals surface area contributed by atoms with Crippen molar-refractivity contribution in [1.29, 1.82) is 0 Å². The summed E-state index contributed by atoms with van der Waals surface area (Å²) in [5.41, 5.74) is 6.87. The number of aromatic nitrogens is 1. The van der Waals surface area contributed by atoms with Crippen molar-refractivity contribution in [2.24, 2.45) is 0 Å². The van der Waals surface area contributed by atoms with Crippen LogP contribution in [0.5, 0.6) is 0 Å². The molecule has 2 N–H and O–H groups in total. The monoisotopic (exact) mass is 460 g/mol. The van der Waals surface area contributed by atoms with E-state index in [1.54, 1.807) is 0 Å². The number of benzene rings is 2. The summed E-state index contributed by atoms with van der Waals surface area (Å²) < 4.78 is 0. The number of amides is 1. The molecule has 7 heteroatoms. The van der Waals surface area contributed by atoms with Gasteiger partial charge in [0.05, 0.1) is 10.6 Å². The largest absolute Gasteiger partial charge is 0.355 e. The van der Waals surface area contributed by atoms with Gasteiger partial charge in [0, 0.05) is 47.4 Å². The van der Waals surface area contributed by atoms with Crippen LogP contribution in [0.4, 0.5) is 0 Å². The fourth-order valence-corrected chi connectivity index (χ4v) is 4.53. The summed E-state index contributed by atoms with van der Waals surface area (Å²) in [7, 11) is 4.04. The number of nitrogens with one attached hydrogen (secondary N) is 2. The standard InChI is InChI=1S/C24H29ClN4O.ClH/c1-5-29(6-2)13-15-7-8-20-16(9-15)11-21(27-20)18-10-17(14-28(3)4)23(25)19-12-26-24(30)22(18)19;/h7-11,27H,5-6,12-14H2,1-4H3,(H,26,30);1H. The van der Waals surface area contributed by atoms with E-state index < -0.39 is 0 Å². The van der Waals surface area contributed by atoms with Crippen LogP contribution in [0.25, 0.3) is 22.2 Å². The van der Waals surface area contributed by atoms with Crippen LogP contribution >= 0.6 is 24.0 Å². The van der Waals surface area contributed by atoms with Gasteiger partial charge in [-0.25, -0.2) is 0 Å². The predicted molar refractivity (Wildman–Crippen MR) is 131 cm³/mol. The second-order valence-electron chi connectivity index (χ2n) is 8.24. The zero-order valence-electron chi connectivity index (χ0n) is 18.5. The number of nitrogens with zero attached hydrogens (tertiary/aromatic N) is 2. The third kappa shape index (κ3) is 4.60. The van der Waals surface area contributed by atoms with Crippen LogP contribution < -0.4 is 5.32 Å². The molecule has 0 unspecified atom stereocenters. The number of carbonyl (C=O) groups is 1. The van der Waals surface area contributed by atoms with E-state index in [1.165, 1.54) is 5.56 Å². The molecule has 1 aromatic heterocycles. The predicted octanol–water partition coefficient (Wildman–Crippen LogP) is 5.06. The van der Waals surface area contributed by atoms with Crippen molar-refractivity contribution < 1.29 is 4.79 Å². The quantitative estimate of drug-likeness (QED) is 0.518. The summed E-state index contributed by atoms with van der Waals surface area (Å²) >= 11 is 6.66. The third-order valence-electron chi connectivity index (χ3n) is 5.85. The van der Waals surface area contributed by atoms with E-state index in [0.717, 1.165) is 59.5 Å². The van der Waals surface area contributed by atoms with Crippen LogP contribution in [0, 0.1) is 0 Å². The summed E-state index contributed by atoms with van der Waals surface area (Å²) in [5, 5.41) is 4.79. The minimum Gasteiger partial charge on any atom is -0.355 e. The Balaban J connectivity index is 0.00000272. The van der Waals surface area contributed by atoms with Gasteiger partial charge in [0.25, 0.3) is 5.91 Å². The van der Waals surface area contributed by atoms with Gasteiger partial charge < -0.3 is 15.2 Å². The molecular formula is C24H30Cl2N4O. The molecule has 1 aliphatic heterocycles. The number of aromatic amines is 1. The van der Waals surface area contributed by atoms with E-state index in [9.17, 15) is 4.79 Å². The van der Waals surface area contributed by atoms with Crippen molar-refractivity contribution in [3.05, 3.63) is 57.6 Å². The lowest BCUT2D eigenvalue weighted by atomic mass is 9.96. The van der Waals surface area contributed by atoms with E-state index in [2.05, 4.69) is 64.3 Å². The minimum atomic E-state index is -0.0563. The topological polar surface area (TPSA) is 51.4 Å². The molecule has 0 spiro atoms. The molecule has 1 aliphatic rings. The second kappa shape index (κ2) is 9.61. The van der Waals surface area contributed by atoms with Crippen LogP contribution in [-0.2, 0) is 19.6 Å². The SMILES string of the molecule is CCN(CC)Cc1ccc2[nH]c(-c3cc(CN(C)C)c(Cl)c4c3C(=O)NC4)cc2c1.Cl. The number of hydrogen-bond acceptors (Lipinski definition) is 3. The molecular weight excluding hydrogens is 431 g/mol. The highest BCUT2D eigenvalue weighted by Gasteiger charge is 2.28. The van der Waals surface area contributed by atoms with Gasteiger partial charge in [-0.3, -0.25) is 9.69 Å². The molecule has 0 saturated carbocycles. The first kappa shape index (κ1) is 23.6. The van der Waals surface area contributed by atoms with Crippen molar-refractivity contribution in [1.82, 2.24) is 20.1 Å². The normalized spacial score (nSPS) is 13.1. The molecule has 2 heterocycles. The zero-order valence-corrected chi connectivity index (χ0v) is 20.1. The van der Waals surface area contributed by atoms with Gasteiger partial charge in [0.15, 0.2) is 0 Å². The number of rotatable bonds is 7. The maximum absolute atomic E-state index is 12.6. The van der Waals surface area contributed by atoms with Crippen LogP contribution in [0.3, 0.4) is 0 Å². The number of H-pyrrole nitrogens is 1. The highest BCUT2D eigenvalue weighted by atomic mass is 35.5. The minimum absolute atomic E-state index is 0. The van der Waals surface area contributed by atoms with E-state index in [1.807, 2.05) is 14.1 Å². The molecule has 0 saturated heterocycles. The van der Waals surface area contributed by atoms with E-state index in [0.29, 0.717) is 17.1 Å². The molecule has 3 aromatic rings. The summed E-state index contributed by atoms with van der Waals surface area (Å²) in [6, 6.07) is 10.8. The Labute approximate surface area is 195 Å². The number of halogens is 2. The van der Waals surface area contributed by atoms with Gasteiger partial charge in [-0.1, -0.05) is 31.5 Å². The fourth-order valence-electron chi connectivity index (χ4n) is 4.26. The molecule has 5 nitrogen and oxygen atoms in total. The summed E-state index contributed by atoms with van der Waals surface area (Å²) in [5.74, 6) is -0.0563. The Morgan fingerprint density at radius 3 is 2.48 bits per heavy atom. The number of fused-ring (bicyclic) bond motifs is 2. The third-order valence-corrected chi connectivity index (χ3v) is 6.32. The van der Waals surface area contributed by atoms with Gasteiger partial charge >= 0.3 is 0 Å². The first-order valence-electron chi connectivity index (χ1n) is 10.5. The van der Waals surface area contributed by atoms with Gasteiger partial charge in [-0.2, -0.15) is 0 Å². The lowest BCUT2D eigenvalue weighted by Gasteiger charge is -2.17. The Morgan fingerprint density at radius 2 is 1.81 bits per heavy atom. The fraction of sp³-hybridized carbons (Fsp3) is 0.375. The van der Waals surface area contributed by atoms with Crippen LogP contribution in [0.1, 0.15) is 40.9 Å². The van der Waals surface area contributed by atoms with Crippen molar-refractivity contribution in [3.63, 3.8) is 0 Å². The molecule has 4 rings (SSSR count). The van der Waals surface area contributed by atoms with Gasteiger partial charge in [-0.05, 0) is 62.6 Å². The number of carbonyl (C=O) groups excluding carboxylic acids is 1. The molecule has 0 aliphatic carbocycles. The van der Waals surface area contributed by atoms with Gasteiger partial charge in [0.2, 0.25) is 0 Å². The average molecular weight is 461 g/mol. The first-order chi connectivity index (χ1) is 14.4. The van der Waals surface area contributed by atoms with Crippen molar-refractivity contribution in [3.8, 4) is 11.3 Å². The second-order valence-corrected chi connectivity index (χ2v) is 8.62. The molecule has 0 fully saturated rings. The Hall–Kier alpha value is -2.05. The Morgan fingerprint density at radius 1 is 1.06 bits per heavy atom. The van der Waals surface area contributed by atoms with Crippen LogP contribution in [-0.4, -0.2) is 47.9 Å². The molecule has 1 amide bonds. The zero-order chi connectivity index (χ0) is 21.4. The number of hydrogen-bond donors (Lipinski definition) is 2. The van der Waals surface area contributed by atoms with Gasteiger partial charge in [-0.15, -0.1) is 12.4 Å². The van der Waals surface area contributed by atoms with Crippen molar-refractivity contribution >= 4 is 40.8 Å². The van der Waals surface area contributed by atoms with Crippen molar-refractivity contribution in [2.45, 2.75) is 33.5 Å². The first-order valence-corrected chi connectivity index (χ1v) is 10.9. The molecule has 0 radical (unpaired) electrons. The van der Waals surface area contributed by atoms with Crippen molar-refractivity contribution in [2.75, 3.05) is 27.2 Å². The van der Waals surface area contributed by atoms with E-state index in [4.69, 9.17) is 11.6 Å². The maximum atomic E-state index is 12.6. The molecule has 0 atom stereocenters. The van der Waals surface area contributed by atoms with E-state index in [-0.39, 0.29) is 18.3 Å². The maximum Gasteiger partial charge on any atom is 0.252 e. The summed E-state index contributed by atoms with van der Waals surface area (Å²) in [4.78, 5) is 20.6. The highest BCUT2D eigenvalue weighted by Crippen LogP contribution is 2.37. The highest BCUT2D eigenvalue weighted by molar-refractivity contribution is 6.33. The molecule has 2 aromatic carbocycles. The van der Waals surface area contributed by atoms with Crippen LogP contribution in [0.2, 0.25) is 5.02 Å². The van der Waals surface area contributed by atoms with Crippen LogP contribution in [0.15, 0.2) is 30.3 Å². The summed E-state index contributed by atoms with van der Waals surface area (Å²) in [6.07, 6.45) is 0. The Kier molecular flexibility index (Phi) is 7.32. The molecule has 166 valence electrons. The smallest absolute Gasteiger partial charge is 0.252 e. The molecule has 0 bridgehead atoms. The van der Waals surface area contributed by atoms with Gasteiger partial charge in [0.1, 0.15) is 0 Å². The average Bonchev–Trinajstić information content (AvgIpc) is 3.31. The van der Waals surface area contributed by atoms with E-state index >= 15 is 0 Å². The lowest BCUT2D eigenvalue weighted by molar-refractivity contribution is 0.0966. The lowest BCUT2D eigenvalue weighted by Crippen LogP contribution is -2.21. The summed E-state index contributed by atoms with van der Waals surface area (Å²) in [6.45, 7) is 8.59.